The number of hydrogen-bond donors (Lipinski definition) is 1. The van der Waals surface area contributed by atoms with E-state index in [9.17, 15) is 9.18 Å². The largest absolute Gasteiger partial charge is 0.494 e. The fourth-order valence-electron chi connectivity index (χ4n) is 4.80. The number of amides is 1. The van der Waals surface area contributed by atoms with E-state index in [4.69, 9.17) is 9.47 Å². The van der Waals surface area contributed by atoms with Gasteiger partial charge in [0, 0.05) is 11.5 Å². The molecule has 7 nitrogen and oxygen atoms in total. The highest BCUT2D eigenvalue weighted by molar-refractivity contribution is 6.00. The van der Waals surface area contributed by atoms with Crippen molar-refractivity contribution >= 4 is 34.2 Å². The third-order valence-corrected chi connectivity index (χ3v) is 7.01. The lowest BCUT2D eigenvalue weighted by Gasteiger charge is -2.27. The number of ether oxygens (including phenoxy) is 2. The molecule has 192 valence electrons. The van der Waals surface area contributed by atoms with Crippen molar-refractivity contribution in [1.29, 1.82) is 0 Å². The molecule has 0 aliphatic carbocycles. The van der Waals surface area contributed by atoms with Gasteiger partial charge in [0.15, 0.2) is 0 Å². The SMILES string of the molecule is CCCC1(CCC(C)C)CN(c2cc3c(Nc4c(F)ccc(C)c4C)ncnc3cc2OC)C(=O)O1. The lowest BCUT2D eigenvalue weighted by molar-refractivity contribution is 0.0374. The van der Waals surface area contributed by atoms with E-state index in [1.807, 2.05) is 19.9 Å². The normalized spacial score (nSPS) is 17.7. The topological polar surface area (TPSA) is 76.6 Å². The third-order valence-electron chi connectivity index (χ3n) is 7.01. The highest BCUT2D eigenvalue weighted by Crippen LogP contribution is 2.42. The van der Waals surface area contributed by atoms with E-state index < -0.39 is 11.7 Å². The number of halogens is 1. The Morgan fingerprint density at radius 1 is 1.22 bits per heavy atom. The van der Waals surface area contributed by atoms with Crippen LogP contribution in [0.3, 0.4) is 0 Å². The number of nitrogens with one attached hydrogen (secondary N) is 1. The summed E-state index contributed by atoms with van der Waals surface area (Å²) in [7, 11) is 1.57. The lowest BCUT2D eigenvalue weighted by Crippen LogP contribution is -2.35. The molecule has 1 saturated heterocycles. The smallest absolute Gasteiger partial charge is 0.415 e. The molecule has 0 bridgehead atoms. The Labute approximate surface area is 212 Å². The number of carbonyl (C=O) groups is 1. The maximum Gasteiger partial charge on any atom is 0.415 e. The minimum absolute atomic E-state index is 0.364. The Morgan fingerprint density at radius 2 is 2.00 bits per heavy atom. The summed E-state index contributed by atoms with van der Waals surface area (Å²) in [6, 6.07) is 6.79. The van der Waals surface area contributed by atoms with Gasteiger partial charge in [0.05, 0.1) is 30.5 Å². The van der Waals surface area contributed by atoms with Gasteiger partial charge in [-0.15, -0.1) is 0 Å². The Balaban J connectivity index is 1.77. The van der Waals surface area contributed by atoms with Gasteiger partial charge in [0.1, 0.15) is 29.3 Å². The van der Waals surface area contributed by atoms with Crippen LogP contribution in [0.5, 0.6) is 5.75 Å². The molecular formula is C28H35FN4O3. The third kappa shape index (κ3) is 4.94. The van der Waals surface area contributed by atoms with Crippen LogP contribution in [0.25, 0.3) is 10.9 Å². The molecule has 36 heavy (non-hydrogen) atoms. The van der Waals surface area contributed by atoms with E-state index >= 15 is 0 Å². The predicted molar refractivity (Wildman–Crippen MR) is 141 cm³/mol. The second-order valence-electron chi connectivity index (χ2n) is 10.1. The lowest BCUT2D eigenvalue weighted by atomic mass is 9.89. The van der Waals surface area contributed by atoms with Crippen molar-refractivity contribution in [2.45, 2.75) is 65.9 Å². The summed E-state index contributed by atoms with van der Waals surface area (Å²) in [6.07, 6.45) is 4.51. The monoisotopic (exact) mass is 494 g/mol. The highest BCUT2D eigenvalue weighted by Gasteiger charge is 2.45. The van der Waals surface area contributed by atoms with Gasteiger partial charge in [-0.3, -0.25) is 4.90 Å². The Kier molecular flexibility index (Phi) is 7.33. The first-order valence-electron chi connectivity index (χ1n) is 12.5. The van der Waals surface area contributed by atoms with Crippen LogP contribution in [0, 0.1) is 25.6 Å². The van der Waals surface area contributed by atoms with Gasteiger partial charge in [-0.2, -0.15) is 0 Å². The molecule has 2 heterocycles. The standard InChI is InChI=1S/C28H35FN4O3/c1-7-11-28(12-10-17(2)3)15-33(27(34)36-28)23-13-20-22(14-24(23)35-6)30-16-31-26(20)32-25-19(5)18(4)8-9-21(25)29/h8-9,13-14,16-17H,7,10-12,15H2,1-6H3,(H,30,31,32). The van der Waals surface area contributed by atoms with Crippen LogP contribution in [0.2, 0.25) is 0 Å². The molecule has 1 aliphatic rings. The Bertz CT molecular complexity index is 1280. The number of cyclic esters (lactones) is 1. The first-order valence-corrected chi connectivity index (χ1v) is 12.5. The maximum absolute atomic E-state index is 14.7. The molecule has 0 radical (unpaired) electrons. The van der Waals surface area contributed by atoms with Gasteiger partial charge in [-0.1, -0.05) is 33.3 Å². The molecule has 4 rings (SSSR count). The molecule has 1 aliphatic heterocycles. The molecule has 1 atom stereocenters. The zero-order chi connectivity index (χ0) is 26.0. The second kappa shape index (κ2) is 10.3. The summed E-state index contributed by atoms with van der Waals surface area (Å²) in [5, 5.41) is 3.81. The summed E-state index contributed by atoms with van der Waals surface area (Å²) in [5.41, 5.74) is 2.79. The number of nitrogens with zero attached hydrogens (tertiary/aromatic N) is 3. The summed E-state index contributed by atoms with van der Waals surface area (Å²) in [6.45, 7) is 10.7. The van der Waals surface area contributed by atoms with E-state index in [-0.39, 0.29) is 5.82 Å². The second-order valence-corrected chi connectivity index (χ2v) is 10.1. The van der Waals surface area contributed by atoms with E-state index in [1.165, 1.54) is 12.4 Å². The zero-order valence-corrected chi connectivity index (χ0v) is 21.9. The predicted octanol–water partition coefficient (Wildman–Crippen LogP) is 7.07. The van der Waals surface area contributed by atoms with Crippen LogP contribution >= 0.6 is 0 Å². The molecule has 1 amide bonds. The number of anilines is 3. The number of benzene rings is 2. The van der Waals surface area contributed by atoms with Crippen LogP contribution in [-0.4, -0.2) is 35.3 Å². The highest BCUT2D eigenvalue weighted by atomic mass is 19.1. The summed E-state index contributed by atoms with van der Waals surface area (Å²) < 4.78 is 26.4. The van der Waals surface area contributed by atoms with Gasteiger partial charge in [-0.05, 0) is 62.3 Å². The number of methoxy groups -OCH3 is 1. The summed E-state index contributed by atoms with van der Waals surface area (Å²) >= 11 is 0. The van der Waals surface area contributed by atoms with E-state index in [2.05, 4.69) is 36.1 Å². The Hall–Kier alpha value is -3.42. The van der Waals surface area contributed by atoms with Gasteiger partial charge in [0.2, 0.25) is 0 Å². The van der Waals surface area contributed by atoms with Crippen LogP contribution < -0.4 is 15.0 Å². The average molecular weight is 495 g/mol. The maximum atomic E-state index is 14.7. The molecule has 3 aromatic rings. The van der Waals surface area contributed by atoms with Crippen LogP contribution in [0.15, 0.2) is 30.6 Å². The Morgan fingerprint density at radius 3 is 2.69 bits per heavy atom. The molecule has 1 N–H and O–H groups in total. The van der Waals surface area contributed by atoms with Gasteiger partial charge < -0.3 is 14.8 Å². The fraction of sp³-hybridized carbons (Fsp3) is 0.464. The molecule has 2 aromatic carbocycles. The summed E-state index contributed by atoms with van der Waals surface area (Å²) in [4.78, 5) is 23.6. The first-order chi connectivity index (χ1) is 17.2. The van der Waals surface area contributed by atoms with Gasteiger partial charge in [-0.25, -0.2) is 19.2 Å². The molecule has 8 heteroatoms. The molecular weight excluding hydrogens is 459 g/mol. The van der Waals surface area contributed by atoms with Crippen molar-refractivity contribution in [3.8, 4) is 5.75 Å². The van der Waals surface area contributed by atoms with Crippen molar-refractivity contribution in [3.05, 3.63) is 47.5 Å². The molecule has 1 unspecified atom stereocenters. The van der Waals surface area contributed by atoms with Gasteiger partial charge >= 0.3 is 6.09 Å². The molecule has 1 fully saturated rings. The fourth-order valence-corrected chi connectivity index (χ4v) is 4.80. The van der Waals surface area contributed by atoms with Crippen molar-refractivity contribution in [3.63, 3.8) is 0 Å². The average Bonchev–Trinajstić information content (AvgIpc) is 3.18. The molecule has 1 aromatic heterocycles. The molecule has 0 saturated carbocycles. The summed E-state index contributed by atoms with van der Waals surface area (Å²) in [5.74, 6) is 1.11. The van der Waals surface area contributed by atoms with Crippen LogP contribution in [-0.2, 0) is 4.74 Å². The number of rotatable bonds is 9. The number of aromatic nitrogens is 2. The number of hydrogen-bond acceptors (Lipinski definition) is 6. The van der Waals surface area contributed by atoms with Crippen molar-refractivity contribution in [2.24, 2.45) is 5.92 Å². The minimum atomic E-state index is -0.536. The number of carbonyl (C=O) groups excluding carboxylic acids is 1. The minimum Gasteiger partial charge on any atom is -0.494 e. The zero-order valence-electron chi connectivity index (χ0n) is 21.9. The quantitative estimate of drug-likeness (QED) is 0.343. The van der Waals surface area contributed by atoms with E-state index in [0.717, 1.165) is 36.8 Å². The number of aryl methyl sites for hydroxylation is 1. The van der Waals surface area contributed by atoms with Crippen LogP contribution in [0.4, 0.5) is 26.4 Å². The van der Waals surface area contributed by atoms with E-state index in [1.54, 1.807) is 24.1 Å². The van der Waals surface area contributed by atoms with Gasteiger partial charge in [0.25, 0.3) is 0 Å². The van der Waals surface area contributed by atoms with Crippen molar-refractivity contribution in [1.82, 2.24) is 9.97 Å². The molecule has 0 spiro atoms. The van der Waals surface area contributed by atoms with Crippen molar-refractivity contribution in [2.75, 3.05) is 23.9 Å². The first kappa shape index (κ1) is 25.7. The van der Waals surface area contributed by atoms with Crippen molar-refractivity contribution < 1.29 is 18.7 Å². The van der Waals surface area contributed by atoms with Crippen LogP contribution in [0.1, 0.15) is 57.6 Å². The van der Waals surface area contributed by atoms with E-state index in [0.29, 0.717) is 46.3 Å². The number of fused-ring (bicyclic) bond motifs is 1.